The molecule has 0 radical (unpaired) electrons. The predicted octanol–water partition coefficient (Wildman–Crippen LogP) is 8.65. The Morgan fingerprint density at radius 1 is 0.474 bits per heavy atom. The summed E-state index contributed by atoms with van der Waals surface area (Å²) in [5, 5.41) is 0. The summed E-state index contributed by atoms with van der Waals surface area (Å²) < 4.78 is 14.0. The SMILES string of the molecule is Cc1cccnc1-c1ccccc1-c1cccc(-c2ccccc2-c2ccccn2)c1-c1ccc(F)cn1. The minimum atomic E-state index is -0.369. The van der Waals surface area contributed by atoms with Gasteiger partial charge in [-0.2, -0.15) is 0 Å². The van der Waals surface area contributed by atoms with Gasteiger partial charge in [-0.1, -0.05) is 78.9 Å². The average molecular weight is 494 g/mol. The van der Waals surface area contributed by atoms with Crippen molar-refractivity contribution in [2.75, 3.05) is 0 Å². The van der Waals surface area contributed by atoms with E-state index in [-0.39, 0.29) is 5.82 Å². The van der Waals surface area contributed by atoms with Crippen LogP contribution in [0.1, 0.15) is 5.56 Å². The van der Waals surface area contributed by atoms with E-state index in [4.69, 9.17) is 4.98 Å². The molecule has 3 aromatic heterocycles. The number of aromatic nitrogens is 3. The Labute approximate surface area is 221 Å². The van der Waals surface area contributed by atoms with Crippen molar-refractivity contribution < 1.29 is 4.39 Å². The highest BCUT2D eigenvalue weighted by molar-refractivity contribution is 5.99. The highest BCUT2D eigenvalue weighted by Crippen LogP contribution is 2.44. The van der Waals surface area contributed by atoms with Crippen LogP contribution in [0, 0.1) is 12.7 Å². The number of rotatable bonds is 5. The lowest BCUT2D eigenvalue weighted by Crippen LogP contribution is -1.97. The van der Waals surface area contributed by atoms with Crippen molar-refractivity contribution in [1.29, 1.82) is 0 Å². The fourth-order valence-electron chi connectivity index (χ4n) is 4.96. The zero-order valence-electron chi connectivity index (χ0n) is 20.8. The van der Waals surface area contributed by atoms with Gasteiger partial charge >= 0.3 is 0 Å². The highest BCUT2D eigenvalue weighted by atomic mass is 19.1. The molecule has 0 saturated heterocycles. The van der Waals surface area contributed by atoms with Gasteiger partial charge in [-0.25, -0.2) is 4.39 Å². The van der Waals surface area contributed by atoms with Gasteiger partial charge < -0.3 is 0 Å². The first-order valence-corrected chi connectivity index (χ1v) is 12.5. The Hall–Kier alpha value is -4.96. The second-order valence-electron chi connectivity index (χ2n) is 9.06. The van der Waals surface area contributed by atoms with Crippen LogP contribution >= 0.6 is 0 Å². The highest BCUT2D eigenvalue weighted by Gasteiger charge is 2.20. The summed E-state index contributed by atoms with van der Waals surface area (Å²) in [6, 6.07) is 35.9. The Morgan fingerprint density at radius 3 is 1.76 bits per heavy atom. The van der Waals surface area contributed by atoms with Crippen molar-refractivity contribution in [2.45, 2.75) is 6.92 Å². The molecule has 4 heteroatoms. The van der Waals surface area contributed by atoms with Crippen LogP contribution in [-0.4, -0.2) is 15.0 Å². The van der Waals surface area contributed by atoms with Crippen LogP contribution in [0.5, 0.6) is 0 Å². The third-order valence-corrected chi connectivity index (χ3v) is 6.69. The van der Waals surface area contributed by atoms with Crippen molar-refractivity contribution in [2.24, 2.45) is 0 Å². The smallest absolute Gasteiger partial charge is 0.141 e. The molecule has 0 spiro atoms. The number of pyridine rings is 3. The Bertz CT molecular complexity index is 1730. The van der Waals surface area contributed by atoms with Gasteiger partial charge in [0, 0.05) is 29.1 Å². The molecule has 0 bridgehead atoms. The van der Waals surface area contributed by atoms with E-state index in [1.165, 1.54) is 12.3 Å². The summed E-state index contributed by atoms with van der Waals surface area (Å²) in [5.41, 5.74) is 10.6. The van der Waals surface area contributed by atoms with Crippen LogP contribution in [-0.2, 0) is 0 Å². The number of halogens is 1. The van der Waals surface area contributed by atoms with Gasteiger partial charge in [-0.3, -0.25) is 15.0 Å². The third kappa shape index (κ3) is 4.37. The lowest BCUT2D eigenvalue weighted by Gasteiger charge is -2.19. The molecule has 3 heterocycles. The lowest BCUT2D eigenvalue weighted by atomic mass is 9.85. The maximum absolute atomic E-state index is 14.0. The maximum Gasteiger partial charge on any atom is 0.141 e. The molecule has 0 aliphatic heterocycles. The van der Waals surface area contributed by atoms with Gasteiger partial charge in [0.05, 0.1) is 23.3 Å². The molecule has 0 N–H and O–H groups in total. The van der Waals surface area contributed by atoms with Crippen molar-refractivity contribution in [3.05, 3.63) is 139 Å². The van der Waals surface area contributed by atoms with Crippen LogP contribution in [0.15, 0.2) is 128 Å². The van der Waals surface area contributed by atoms with Gasteiger partial charge in [0.2, 0.25) is 0 Å². The fraction of sp³-hybridized carbons (Fsp3) is 0.0294. The first-order valence-electron chi connectivity index (χ1n) is 12.5. The Morgan fingerprint density at radius 2 is 1.11 bits per heavy atom. The van der Waals surface area contributed by atoms with Gasteiger partial charge in [0.1, 0.15) is 5.82 Å². The van der Waals surface area contributed by atoms with Crippen LogP contribution in [0.4, 0.5) is 4.39 Å². The summed E-state index contributed by atoms with van der Waals surface area (Å²) in [6.45, 7) is 2.07. The van der Waals surface area contributed by atoms with Gasteiger partial charge in [-0.05, 0) is 65.1 Å². The van der Waals surface area contributed by atoms with Crippen LogP contribution < -0.4 is 0 Å². The molecule has 0 aliphatic rings. The van der Waals surface area contributed by atoms with Crippen molar-refractivity contribution in [1.82, 2.24) is 15.0 Å². The topological polar surface area (TPSA) is 38.7 Å². The minimum Gasteiger partial charge on any atom is -0.256 e. The molecule has 0 aliphatic carbocycles. The van der Waals surface area contributed by atoms with E-state index in [1.807, 2.05) is 54.7 Å². The number of nitrogens with zero attached hydrogens (tertiary/aromatic N) is 3. The second kappa shape index (κ2) is 10.2. The van der Waals surface area contributed by atoms with Gasteiger partial charge in [0.25, 0.3) is 0 Å². The zero-order chi connectivity index (χ0) is 25.9. The maximum atomic E-state index is 14.0. The Balaban J connectivity index is 1.66. The van der Waals surface area contributed by atoms with Gasteiger partial charge in [-0.15, -0.1) is 0 Å². The molecule has 0 amide bonds. The quantitative estimate of drug-likeness (QED) is 0.241. The van der Waals surface area contributed by atoms with Crippen LogP contribution in [0.3, 0.4) is 0 Å². The van der Waals surface area contributed by atoms with E-state index in [9.17, 15) is 4.39 Å². The van der Waals surface area contributed by atoms with Gasteiger partial charge in [0.15, 0.2) is 0 Å². The van der Waals surface area contributed by atoms with E-state index >= 15 is 0 Å². The molecular formula is C34H24FN3. The summed E-state index contributed by atoms with van der Waals surface area (Å²) >= 11 is 0. The van der Waals surface area contributed by atoms with Crippen LogP contribution in [0.25, 0.3) is 56.0 Å². The Kier molecular flexibility index (Phi) is 6.29. The average Bonchev–Trinajstić information content (AvgIpc) is 2.98. The van der Waals surface area contributed by atoms with Crippen molar-refractivity contribution in [3.8, 4) is 56.0 Å². The number of aryl methyl sites for hydroxylation is 1. The molecule has 3 nitrogen and oxygen atoms in total. The zero-order valence-corrected chi connectivity index (χ0v) is 20.8. The molecule has 6 rings (SSSR count). The number of hydrogen-bond donors (Lipinski definition) is 0. The summed E-state index contributed by atoms with van der Waals surface area (Å²) in [5.74, 6) is -0.369. The van der Waals surface area contributed by atoms with Crippen molar-refractivity contribution in [3.63, 3.8) is 0 Å². The molecule has 0 unspecified atom stereocenters. The predicted molar refractivity (Wildman–Crippen MR) is 152 cm³/mol. The third-order valence-electron chi connectivity index (χ3n) is 6.69. The normalized spacial score (nSPS) is 10.9. The summed E-state index contributed by atoms with van der Waals surface area (Å²) in [7, 11) is 0. The largest absolute Gasteiger partial charge is 0.256 e. The van der Waals surface area contributed by atoms with E-state index in [0.29, 0.717) is 5.69 Å². The molecule has 38 heavy (non-hydrogen) atoms. The molecule has 182 valence electrons. The van der Waals surface area contributed by atoms with E-state index in [2.05, 4.69) is 65.4 Å². The first kappa shape index (κ1) is 23.4. The number of benzene rings is 3. The van der Waals surface area contributed by atoms with Crippen LogP contribution in [0.2, 0.25) is 0 Å². The van der Waals surface area contributed by atoms with E-state index < -0.39 is 0 Å². The molecule has 3 aromatic carbocycles. The fourth-order valence-corrected chi connectivity index (χ4v) is 4.96. The molecule has 6 aromatic rings. The van der Waals surface area contributed by atoms with E-state index in [0.717, 1.165) is 55.9 Å². The summed E-state index contributed by atoms with van der Waals surface area (Å²) in [6.07, 6.45) is 4.90. The molecule has 0 saturated carbocycles. The minimum absolute atomic E-state index is 0.369. The summed E-state index contributed by atoms with van der Waals surface area (Å²) in [4.78, 5) is 13.9. The second-order valence-corrected chi connectivity index (χ2v) is 9.06. The van der Waals surface area contributed by atoms with Crippen molar-refractivity contribution >= 4 is 0 Å². The number of hydrogen-bond acceptors (Lipinski definition) is 3. The monoisotopic (exact) mass is 493 g/mol. The molecular weight excluding hydrogens is 469 g/mol. The van der Waals surface area contributed by atoms with E-state index in [1.54, 1.807) is 12.3 Å². The standard InChI is InChI=1S/C34H24FN3/c1-23-10-9-21-37-34(23)30-14-5-3-12-26(30)29-16-8-15-28(33(29)32-19-18-24(35)22-38-32)25-11-2-4-13-27(25)31-17-6-7-20-36-31/h2-22H,1H3. The lowest BCUT2D eigenvalue weighted by molar-refractivity contribution is 0.622. The molecule has 0 atom stereocenters. The first-order chi connectivity index (χ1) is 18.7. The molecule has 0 fully saturated rings.